The molecular formula is C13H16N2O2. The lowest BCUT2D eigenvalue weighted by molar-refractivity contribution is -0.111. The maximum atomic E-state index is 11.1. The van der Waals surface area contributed by atoms with Crippen LogP contribution in [0.4, 0.5) is 11.4 Å². The molecule has 0 spiro atoms. The molecule has 4 heteroatoms. The first kappa shape index (κ1) is 11.7. The van der Waals surface area contributed by atoms with Crippen LogP contribution in [0, 0.1) is 0 Å². The zero-order valence-corrected chi connectivity index (χ0v) is 9.69. The fourth-order valence-electron chi connectivity index (χ4n) is 1.77. The van der Waals surface area contributed by atoms with Crippen molar-refractivity contribution in [2.45, 2.75) is 0 Å². The summed E-state index contributed by atoms with van der Waals surface area (Å²) in [6.45, 7) is 6.79. The minimum absolute atomic E-state index is 0.191. The molecule has 0 atom stereocenters. The fraction of sp³-hybridized carbons (Fsp3) is 0.308. The summed E-state index contributed by atoms with van der Waals surface area (Å²) in [5.74, 6) is -0.191. The Morgan fingerprint density at radius 1 is 1.29 bits per heavy atom. The molecule has 1 saturated heterocycles. The van der Waals surface area contributed by atoms with Gasteiger partial charge in [0.15, 0.2) is 0 Å². The second-order valence-corrected chi connectivity index (χ2v) is 3.84. The fourth-order valence-corrected chi connectivity index (χ4v) is 1.77. The van der Waals surface area contributed by atoms with Crippen molar-refractivity contribution in [3.8, 4) is 0 Å². The second kappa shape index (κ2) is 5.50. The molecule has 0 aliphatic carbocycles. The third-order valence-corrected chi connectivity index (χ3v) is 2.70. The molecule has 0 aromatic heterocycles. The highest BCUT2D eigenvalue weighted by molar-refractivity contribution is 5.98. The van der Waals surface area contributed by atoms with Crippen molar-refractivity contribution in [1.29, 1.82) is 0 Å². The van der Waals surface area contributed by atoms with E-state index in [9.17, 15) is 4.79 Å². The van der Waals surface area contributed by atoms with Crippen molar-refractivity contribution in [2.24, 2.45) is 0 Å². The van der Waals surface area contributed by atoms with Crippen LogP contribution in [0.25, 0.3) is 0 Å². The summed E-state index contributed by atoms with van der Waals surface area (Å²) in [7, 11) is 0. The van der Waals surface area contributed by atoms with Gasteiger partial charge < -0.3 is 15.0 Å². The summed E-state index contributed by atoms with van der Waals surface area (Å²) in [6, 6.07) is 7.80. The van der Waals surface area contributed by atoms with E-state index < -0.39 is 0 Å². The van der Waals surface area contributed by atoms with Gasteiger partial charge in [0.25, 0.3) is 0 Å². The predicted octanol–water partition coefficient (Wildman–Crippen LogP) is 1.65. The zero-order valence-electron chi connectivity index (χ0n) is 9.69. The van der Waals surface area contributed by atoms with Crippen LogP contribution in [0.3, 0.4) is 0 Å². The van der Waals surface area contributed by atoms with Gasteiger partial charge in [-0.05, 0) is 30.3 Å². The van der Waals surface area contributed by atoms with Gasteiger partial charge in [-0.15, -0.1) is 0 Å². The highest BCUT2D eigenvalue weighted by atomic mass is 16.5. The van der Waals surface area contributed by atoms with Gasteiger partial charge in [-0.1, -0.05) is 6.58 Å². The van der Waals surface area contributed by atoms with Crippen LogP contribution in [-0.4, -0.2) is 32.2 Å². The molecule has 1 amide bonds. The number of ether oxygens (including phenoxy) is 1. The number of rotatable bonds is 3. The molecule has 1 aromatic carbocycles. The molecular weight excluding hydrogens is 216 g/mol. The molecule has 1 aliphatic rings. The summed E-state index contributed by atoms with van der Waals surface area (Å²) < 4.78 is 5.30. The van der Waals surface area contributed by atoms with E-state index in [4.69, 9.17) is 4.74 Å². The summed E-state index contributed by atoms with van der Waals surface area (Å²) in [5.41, 5.74) is 1.94. The Hall–Kier alpha value is -1.81. The topological polar surface area (TPSA) is 41.6 Å². The molecule has 1 N–H and O–H groups in total. The van der Waals surface area contributed by atoms with E-state index in [1.165, 1.54) is 6.08 Å². The Balaban J connectivity index is 2.01. The first-order chi connectivity index (χ1) is 8.29. The van der Waals surface area contributed by atoms with Crippen LogP contribution in [0.15, 0.2) is 36.9 Å². The number of morpholine rings is 1. The molecule has 0 unspecified atom stereocenters. The summed E-state index contributed by atoms with van der Waals surface area (Å²) >= 11 is 0. The van der Waals surface area contributed by atoms with Crippen molar-refractivity contribution >= 4 is 17.3 Å². The van der Waals surface area contributed by atoms with Crippen molar-refractivity contribution in [3.63, 3.8) is 0 Å². The second-order valence-electron chi connectivity index (χ2n) is 3.84. The van der Waals surface area contributed by atoms with E-state index >= 15 is 0 Å². The van der Waals surface area contributed by atoms with E-state index in [0.717, 1.165) is 37.7 Å². The average Bonchev–Trinajstić information content (AvgIpc) is 2.40. The van der Waals surface area contributed by atoms with Crippen LogP contribution in [0.2, 0.25) is 0 Å². The van der Waals surface area contributed by atoms with Crippen molar-refractivity contribution in [3.05, 3.63) is 36.9 Å². The van der Waals surface area contributed by atoms with Crippen LogP contribution in [0.1, 0.15) is 0 Å². The number of anilines is 2. The number of nitrogens with zero attached hydrogens (tertiary/aromatic N) is 1. The lowest BCUT2D eigenvalue weighted by Gasteiger charge is -2.28. The zero-order chi connectivity index (χ0) is 12.1. The Labute approximate surface area is 101 Å². The highest BCUT2D eigenvalue weighted by Crippen LogP contribution is 2.18. The average molecular weight is 232 g/mol. The molecule has 2 rings (SSSR count). The maximum Gasteiger partial charge on any atom is 0.247 e. The molecule has 4 nitrogen and oxygen atoms in total. The lowest BCUT2D eigenvalue weighted by atomic mass is 10.2. The monoisotopic (exact) mass is 232 g/mol. The molecule has 1 fully saturated rings. The van der Waals surface area contributed by atoms with Gasteiger partial charge in [-0.3, -0.25) is 4.79 Å². The quantitative estimate of drug-likeness (QED) is 0.806. The third kappa shape index (κ3) is 3.07. The van der Waals surface area contributed by atoms with Crippen LogP contribution in [-0.2, 0) is 9.53 Å². The van der Waals surface area contributed by atoms with Crippen LogP contribution >= 0.6 is 0 Å². The number of amides is 1. The van der Waals surface area contributed by atoms with Gasteiger partial charge in [-0.2, -0.15) is 0 Å². The number of hydrogen-bond donors (Lipinski definition) is 1. The number of carbonyl (C=O) groups is 1. The molecule has 0 bridgehead atoms. The molecule has 0 saturated carbocycles. The van der Waals surface area contributed by atoms with Gasteiger partial charge in [0.05, 0.1) is 13.2 Å². The highest BCUT2D eigenvalue weighted by Gasteiger charge is 2.10. The van der Waals surface area contributed by atoms with Gasteiger partial charge in [0.2, 0.25) is 5.91 Å². The number of benzene rings is 1. The molecule has 0 radical (unpaired) electrons. The van der Waals surface area contributed by atoms with Gasteiger partial charge in [-0.25, -0.2) is 0 Å². The molecule has 90 valence electrons. The maximum absolute atomic E-state index is 11.1. The Kier molecular flexibility index (Phi) is 3.77. The predicted molar refractivity (Wildman–Crippen MR) is 68.3 cm³/mol. The van der Waals surface area contributed by atoms with E-state index in [1.807, 2.05) is 24.3 Å². The minimum Gasteiger partial charge on any atom is -0.378 e. The van der Waals surface area contributed by atoms with Crippen LogP contribution in [0.5, 0.6) is 0 Å². The van der Waals surface area contributed by atoms with E-state index in [1.54, 1.807) is 0 Å². The Bertz CT molecular complexity index is 394. The first-order valence-corrected chi connectivity index (χ1v) is 5.66. The smallest absolute Gasteiger partial charge is 0.247 e. The van der Waals surface area contributed by atoms with E-state index in [-0.39, 0.29) is 5.91 Å². The van der Waals surface area contributed by atoms with Crippen molar-refractivity contribution < 1.29 is 9.53 Å². The molecule has 1 aromatic rings. The lowest BCUT2D eigenvalue weighted by Crippen LogP contribution is -2.36. The molecule has 1 heterocycles. The largest absolute Gasteiger partial charge is 0.378 e. The summed E-state index contributed by atoms with van der Waals surface area (Å²) in [5, 5.41) is 2.72. The third-order valence-electron chi connectivity index (χ3n) is 2.70. The molecule has 1 aliphatic heterocycles. The number of nitrogens with one attached hydrogen (secondary N) is 1. The van der Waals surface area contributed by atoms with Gasteiger partial charge >= 0.3 is 0 Å². The normalized spacial score (nSPS) is 15.4. The minimum atomic E-state index is -0.191. The first-order valence-electron chi connectivity index (χ1n) is 5.66. The number of carbonyl (C=O) groups excluding carboxylic acids is 1. The molecule has 17 heavy (non-hydrogen) atoms. The SMILES string of the molecule is C=CC(=O)Nc1ccc(N2CCOCC2)cc1. The standard InChI is InChI=1S/C13H16N2O2/c1-2-13(16)14-11-3-5-12(6-4-11)15-7-9-17-10-8-15/h2-6H,1,7-10H2,(H,14,16). The van der Waals surface area contributed by atoms with Gasteiger partial charge in [0, 0.05) is 24.5 Å². The van der Waals surface area contributed by atoms with Gasteiger partial charge in [0.1, 0.15) is 0 Å². The Morgan fingerprint density at radius 2 is 1.94 bits per heavy atom. The van der Waals surface area contributed by atoms with E-state index in [2.05, 4.69) is 16.8 Å². The van der Waals surface area contributed by atoms with E-state index in [0.29, 0.717) is 0 Å². The summed E-state index contributed by atoms with van der Waals surface area (Å²) in [4.78, 5) is 13.4. The van der Waals surface area contributed by atoms with Crippen molar-refractivity contribution in [1.82, 2.24) is 0 Å². The summed E-state index contributed by atoms with van der Waals surface area (Å²) in [6.07, 6.45) is 1.26. The van der Waals surface area contributed by atoms with Crippen molar-refractivity contribution in [2.75, 3.05) is 36.5 Å². The van der Waals surface area contributed by atoms with Crippen LogP contribution < -0.4 is 10.2 Å². The number of hydrogen-bond acceptors (Lipinski definition) is 3. The Morgan fingerprint density at radius 3 is 2.53 bits per heavy atom.